The van der Waals surface area contributed by atoms with Gasteiger partial charge in [0.15, 0.2) is 5.82 Å². The van der Waals surface area contributed by atoms with Crippen LogP contribution in [0.1, 0.15) is 16.1 Å². The maximum Gasteiger partial charge on any atom is 0.335 e. The summed E-state index contributed by atoms with van der Waals surface area (Å²) in [7, 11) is 0. The van der Waals surface area contributed by atoms with Gasteiger partial charge in [0.25, 0.3) is 0 Å². The first kappa shape index (κ1) is 13.1. The highest BCUT2D eigenvalue weighted by Crippen LogP contribution is 2.25. The van der Waals surface area contributed by atoms with Crippen molar-refractivity contribution < 1.29 is 9.90 Å². The van der Waals surface area contributed by atoms with Crippen LogP contribution in [0.2, 0.25) is 0 Å². The summed E-state index contributed by atoms with van der Waals surface area (Å²) < 4.78 is 0. The Morgan fingerprint density at radius 1 is 1.05 bits per heavy atom. The maximum absolute atomic E-state index is 11.0. The van der Waals surface area contributed by atoms with Crippen LogP contribution in [0.4, 0.5) is 11.5 Å². The Morgan fingerprint density at radius 3 is 2.57 bits per heavy atom. The predicted molar refractivity (Wildman–Crippen MR) is 81.0 cm³/mol. The number of nitrogens with zero attached hydrogens (tertiary/aromatic N) is 2. The van der Waals surface area contributed by atoms with Crippen LogP contribution >= 0.6 is 0 Å². The second-order valence-corrected chi connectivity index (χ2v) is 4.69. The summed E-state index contributed by atoms with van der Waals surface area (Å²) in [4.78, 5) is 11.0. The molecule has 0 saturated heterocycles. The highest BCUT2D eigenvalue weighted by Gasteiger charge is 2.08. The van der Waals surface area contributed by atoms with Crippen molar-refractivity contribution in [2.75, 3.05) is 5.32 Å². The standard InChI is InChI=1S/C16H13N3O2/c1-10-13-7-2-3-8-14(13)15(19-18-10)17-12-6-4-5-11(9-12)16(20)21/h2-9H,1H3,(H,17,19)(H,20,21). The lowest BCUT2D eigenvalue weighted by molar-refractivity contribution is 0.0697. The van der Waals surface area contributed by atoms with Crippen molar-refractivity contribution in [3.05, 3.63) is 59.8 Å². The summed E-state index contributed by atoms with van der Waals surface area (Å²) in [5.74, 6) is -0.350. The van der Waals surface area contributed by atoms with E-state index in [0.29, 0.717) is 11.5 Å². The summed E-state index contributed by atoms with van der Waals surface area (Å²) in [5.41, 5.74) is 1.75. The number of nitrogens with one attached hydrogen (secondary N) is 1. The first-order valence-electron chi connectivity index (χ1n) is 6.47. The highest BCUT2D eigenvalue weighted by atomic mass is 16.4. The van der Waals surface area contributed by atoms with E-state index in [4.69, 9.17) is 5.11 Å². The number of carboxylic acid groups (broad SMARTS) is 1. The van der Waals surface area contributed by atoms with E-state index in [9.17, 15) is 4.79 Å². The molecular weight excluding hydrogens is 266 g/mol. The lowest BCUT2D eigenvalue weighted by atomic mass is 10.1. The van der Waals surface area contributed by atoms with Crippen LogP contribution in [0.3, 0.4) is 0 Å². The van der Waals surface area contributed by atoms with Crippen molar-refractivity contribution >= 4 is 28.2 Å². The average Bonchev–Trinajstić information content (AvgIpc) is 2.51. The molecule has 0 aliphatic carbocycles. The molecule has 0 aliphatic rings. The third-order valence-corrected chi connectivity index (χ3v) is 3.24. The minimum atomic E-state index is -0.960. The number of benzene rings is 2. The predicted octanol–water partition coefficient (Wildman–Crippen LogP) is 3.38. The van der Waals surface area contributed by atoms with Crippen LogP contribution in [0.15, 0.2) is 48.5 Å². The van der Waals surface area contributed by atoms with Crippen LogP contribution in [0.5, 0.6) is 0 Å². The summed E-state index contributed by atoms with van der Waals surface area (Å²) in [5, 5.41) is 22.4. The zero-order chi connectivity index (χ0) is 14.8. The molecule has 0 fully saturated rings. The van der Waals surface area contributed by atoms with Gasteiger partial charge in [-0.05, 0) is 25.1 Å². The van der Waals surface area contributed by atoms with Gasteiger partial charge in [-0.15, -0.1) is 5.10 Å². The van der Waals surface area contributed by atoms with Crippen molar-refractivity contribution in [3.8, 4) is 0 Å². The molecule has 2 aromatic carbocycles. The smallest absolute Gasteiger partial charge is 0.335 e. The molecule has 0 aliphatic heterocycles. The van der Waals surface area contributed by atoms with E-state index >= 15 is 0 Å². The highest BCUT2D eigenvalue weighted by molar-refractivity contribution is 5.95. The first-order valence-corrected chi connectivity index (χ1v) is 6.47. The average molecular weight is 279 g/mol. The number of aromatic nitrogens is 2. The Labute approximate surface area is 121 Å². The molecular formula is C16H13N3O2. The van der Waals surface area contributed by atoms with E-state index in [0.717, 1.165) is 16.5 Å². The van der Waals surface area contributed by atoms with Gasteiger partial charge < -0.3 is 10.4 Å². The number of carbonyl (C=O) groups is 1. The molecule has 1 aromatic heterocycles. The van der Waals surface area contributed by atoms with Crippen molar-refractivity contribution in [3.63, 3.8) is 0 Å². The quantitative estimate of drug-likeness (QED) is 0.768. The molecule has 1 heterocycles. The second-order valence-electron chi connectivity index (χ2n) is 4.69. The molecule has 104 valence electrons. The number of fused-ring (bicyclic) bond motifs is 1. The van der Waals surface area contributed by atoms with Crippen molar-refractivity contribution in [2.24, 2.45) is 0 Å². The van der Waals surface area contributed by atoms with Crippen LogP contribution in [-0.2, 0) is 0 Å². The molecule has 2 N–H and O–H groups in total. The zero-order valence-electron chi connectivity index (χ0n) is 11.4. The normalized spacial score (nSPS) is 10.5. The molecule has 0 spiro atoms. The van der Waals surface area contributed by atoms with Gasteiger partial charge >= 0.3 is 5.97 Å². The first-order chi connectivity index (χ1) is 10.1. The Balaban J connectivity index is 2.04. The van der Waals surface area contributed by atoms with E-state index in [1.807, 2.05) is 31.2 Å². The zero-order valence-corrected chi connectivity index (χ0v) is 11.4. The van der Waals surface area contributed by atoms with E-state index < -0.39 is 5.97 Å². The fourth-order valence-electron chi connectivity index (χ4n) is 2.20. The van der Waals surface area contributed by atoms with Gasteiger partial charge in [-0.1, -0.05) is 30.3 Å². The molecule has 0 atom stereocenters. The topological polar surface area (TPSA) is 75.1 Å². The molecule has 3 rings (SSSR count). The molecule has 0 bridgehead atoms. The lowest BCUT2D eigenvalue weighted by Crippen LogP contribution is -2.01. The summed E-state index contributed by atoms with van der Waals surface area (Å²) >= 11 is 0. The molecule has 21 heavy (non-hydrogen) atoms. The summed E-state index contributed by atoms with van der Waals surface area (Å²) in [6.45, 7) is 1.91. The van der Waals surface area contributed by atoms with Gasteiger partial charge in [0.2, 0.25) is 0 Å². The molecule has 5 heteroatoms. The third-order valence-electron chi connectivity index (χ3n) is 3.24. The Bertz CT molecular complexity index is 831. The lowest BCUT2D eigenvalue weighted by Gasteiger charge is -2.09. The van der Waals surface area contributed by atoms with Gasteiger partial charge in [0, 0.05) is 16.5 Å². The van der Waals surface area contributed by atoms with Gasteiger partial charge in [-0.25, -0.2) is 4.79 Å². The van der Waals surface area contributed by atoms with Gasteiger partial charge in [-0.2, -0.15) is 5.10 Å². The second kappa shape index (κ2) is 5.20. The van der Waals surface area contributed by atoms with E-state index in [-0.39, 0.29) is 5.56 Å². The number of carboxylic acids is 1. The van der Waals surface area contributed by atoms with Crippen molar-refractivity contribution in [2.45, 2.75) is 6.92 Å². The van der Waals surface area contributed by atoms with E-state index in [1.165, 1.54) is 0 Å². The molecule has 0 radical (unpaired) electrons. The molecule has 3 aromatic rings. The fourth-order valence-corrected chi connectivity index (χ4v) is 2.20. The molecule has 5 nitrogen and oxygen atoms in total. The minimum Gasteiger partial charge on any atom is -0.478 e. The maximum atomic E-state index is 11.0. The number of anilines is 2. The summed E-state index contributed by atoms with van der Waals surface area (Å²) in [6.07, 6.45) is 0. The molecule has 0 unspecified atom stereocenters. The van der Waals surface area contributed by atoms with Crippen molar-refractivity contribution in [1.29, 1.82) is 0 Å². The van der Waals surface area contributed by atoms with Crippen LogP contribution in [0.25, 0.3) is 10.8 Å². The Hall–Kier alpha value is -2.95. The number of rotatable bonds is 3. The molecule has 0 amide bonds. The minimum absolute atomic E-state index is 0.226. The van der Waals surface area contributed by atoms with Gasteiger partial charge in [0.1, 0.15) is 0 Å². The van der Waals surface area contributed by atoms with Crippen LogP contribution < -0.4 is 5.32 Å². The monoisotopic (exact) mass is 279 g/mol. The SMILES string of the molecule is Cc1nnc(Nc2cccc(C(=O)O)c2)c2ccccc12. The van der Waals surface area contributed by atoms with Crippen molar-refractivity contribution in [1.82, 2.24) is 10.2 Å². The Kier molecular flexibility index (Phi) is 3.23. The molecule has 0 saturated carbocycles. The van der Waals surface area contributed by atoms with E-state index in [1.54, 1.807) is 24.3 Å². The third kappa shape index (κ3) is 2.53. The van der Waals surface area contributed by atoms with E-state index in [2.05, 4.69) is 15.5 Å². The van der Waals surface area contributed by atoms with Crippen LogP contribution in [-0.4, -0.2) is 21.3 Å². The van der Waals surface area contributed by atoms with Crippen LogP contribution in [0, 0.1) is 6.92 Å². The summed E-state index contributed by atoms with van der Waals surface area (Å²) in [6, 6.07) is 14.4. The Morgan fingerprint density at radius 2 is 1.81 bits per heavy atom. The number of aryl methyl sites for hydroxylation is 1. The number of aromatic carboxylic acids is 1. The number of hydrogen-bond acceptors (Lipinski definition) is 4. The van der Waals surface area contributed by atoms with Gasteiger partial charge in [0.05, 0.1) is 11.3 Å². The fraction of sp³-hybridized carbons (Fsp3) is 0.0625. The van der Waals surface area contributed by atoms with Gasteiger partial charge in [-0.3, -0.25) is 0 Å². The number of hydrogen-bond donors (Lipinski definition) is 2. The largest absolute Gasteiger partial charge is 0.478 e.